The Labute approximate surface area is 153 Å². The Kier molecular flexibility index (Phi) is 5.39. The smallest absolute Gasteiger partial charge is 0.195 e. The maximum absolute atomic E-state index is 13.1. The number of thioether (sulfide) groups is 1. The molecule has 0 radical (unpaired) electrons. The number of benzene rings is 2. The van der Waals surface area contributed by atoms with E-state index >= 15 is 0 Å². The van der Waals surface area contributed by atoms with Crippen molar-refractivity contribution >= 4 is 28.4 Å². The Bertz CT molecular complexity index is 907. The molecule has 0 aliphatic carbocycles. The number of ketones is 1. The first-order chi connectivity index (χ1) is 12.6. The SMILES string of the molecule is CSC(=Nc1cc2c(cc1C(=O)c1ccc(F)cc1)OCCO2)NC#N. The number of nitrogens with one attached hydrogen (secondary N) is 1. The Morgan fingerprint density at radius 1 is 1.23 bits per heavy atom. The third-order valence-corrected chi connectivity index (χ3v) is 4.17. The second kappa shape index (κ2) is 7.89. The molecule has 3 rings (SSSR count). The average molecular weight is 371 g/mol. The van der Waals surface area contributed by atoms with E-state index in [2.05, 4.69) is 10.3 Å². The van der Waals surface area contributed by atoms with E-state index in [0.29, 0.717) is 41.1 Å². The molecule has 2 aromatic rings. The summed E-state index contributed by atoms with van der Waals surface area (Å²) in [6.07, 6.45) is 3.56. The molecule has 0 bridgehead atoms. The summed E-state index contributed by atoms with van der Waals surface area (Å²) in [5.74, 6) is 0.158. The van der Waals surface area contributed by atoms with Crippen LogP contribution in [0.25, 0.3) is 0 Å². The van der Waals surface area contributed by atoms with Gasteiger partial charge >= 0.3 is 0 Å². The predicted molar refractivity (Wildman–Crippen MR) is 96.6 cm³/mol. The fourth-order valence-corrected chi connectivity index (χ4v) is 2.73. The van der Waals surface area contributed by atoms with Gasteiger partial charge in [-0.2, -0.15) is 5.26 Å². The number of fused-ring (bicyclic) bond motifs is 1. The number of hydrogen-bond acceptors (Lipinski definition) is 6. The van der Waals surface area contributed by atoms with E-state index < -0.39 is 5.82 Å². The molecule has 132 valence electrons. The van der Waals surface area contributed by atoms with Gasteiger partial charge in [-0.05, 0) is 36.6 Å². The van der Waals surface area contributed by atoms with E-state index in [1.54, 1.807) is 24.6 Å². The van der Waals surface area contributed by atoms with Gasteiger partial charge in [0.05, 0.1) is 11.3 Å². The summed E-state index contributed by atoms with van der Waals surface area (Å²) in [4.78, 5) is 17.3. The van der Waals surface area contributed by atoms with Crippen LogP contribution in [0.15, 0.2) is 41.4 Å². The standard InChI is InChI=1S/C18H14FN3O3S/c1-26-18(21-10-20)22-14-9-16-15(24-6-7-25-16)8-13(14)17(23)11-2-4-12(19)5-3-11/h2-5,8-9H,6-7H2,1H3,(H,21,22). The number of carbonyl (C=O) groups is 1. The molecular weight excluding hydrogens is 357 g/mol. The number of amidine groups is 1. The van der Waals surface area contributed by atoms with Gasteiger partial charge in [-0.15, -0.1) is 0 Å². The van der Waals surface area contributed by atoms with Gasteiger partial charge in [0, 0.05) is 11.6 Å². The number of hydrogen-bond donors (Lipinski definition) is 1. The van der Waals surface area contributed by atoms with Crippen molar-refractivity contribution < 1.29 is 18.7 Å². The van der Waals surface area contributed by atoms with Crippen molar-refractivity contribution in [2.45, 2.75) is 0 Å². The van der Waals surface area contributed by atoms with Gasteiger partial charge in [-0.25, -0.2) is 9.38 Å². The van der Waals surface area contributed by atoms with Gasteiger partial charge in [0.15, 0.2) is 28.6 Å². The maximum atomic E-state index is 13.1. The summed E-state index contributed by atoms with van der Waals surface area (Å²) in [7, 11) is 0. The number of carbonyl (C=O) groups excluding carboxylic acids is 1. The molecule has 0 fully saturated rings. The molecule has 1 heterocycles. The fraction of sp³-hybridized carbons (Fsp3) is 0.167. The molecule has 0 saturated carbocycles. The number of halogens is 1. The normalized spacial score (nSPS) is 13.0. The number of ether oxygens (including phenoxy) is 2. The van der Waals surface area contributed by atoms with Gasteiger partial charge in [0.25, 0.3) is 0 Å². The first-order valence-corrected chi connectivity index (χ1v) is 8.86. The van der Waals surface area contributed by atoms with Crippen LogP contribution in [0.2, 0.25) is 0 Å². The molecule has 0 amide bonds. The van der Waals surface area contributed by atoms with Crippen LogP contribution in [0.4, 0.5) is 10.1 Å². The van der Waals surface area contributed by atoms with Crippen molar-refractivity contribution in [2.75, 3.05) is 19.5 Å². The second-order valence-electron chi connectivity index (χ2n) is 5.21. The van der Waals surface area contributed by atoms with Crippen molar-refractivity contribution in [3.63, 3.8) is 0 Å². The minimum absolute atomic E-state index is 0.271. The van der Waals surface area contributed by atoms with Crippen LogP contribution >= 0.6 is 11.8 Å². The van der Waals surface area contributed by atoms with Crippen molar-refractivity contribution in [3.8, 4) is 17.7 Å². The molecule has 2 aromatic carbocycles. The van der Waals surface area contributed by atoms with E-state index in [1.807, 2.05) is 0 Å². The largest absolute Gasteiger partial charge is 0.486 e. The van der Waals surface area contributed by atoms with Crippen LogP contribution in [0, 0.1) is 17.3 Å². The molecule has 8 heteroatoms. The van der Waals surface area contributed by atoms with Gasteiger partial charge < -0.3 is 9.47 Å². The molecule has 0 atom stereocenters. The van der Waals surface area contributed by atoms with Crippen LogP contribution in [0.1, 0.15) is 15.9 Å². The van der Waals surface area contributed by atoms with Crippen LogP contribution in [-0.4, -0.2) is 30.4 Å². The van der Waals surface area contributed by atoms with Crippen molar-refractivity contribution in [1.82, 2.24) is 5.32 Å². The number of aliphatic imine (C=N–C) groups is 1. The molecule has 26 heavy (non-hydrogen) atoms. The summed E-state index contributed by atoms with van der Waals surface area (Å²) in [6, 6.07) is 8.41. The lowest BCUT2D eigenvalue weighted by Crippen LogP contribution is -2.17. The summed E-state index contributed by atoms with van der Waals surface area (Å²) < 4.78 is 24.2. The fourth-order valence-electron chi connectivity index (χ4n) is 2.39. The zero-order valence-corrected chi connectivity index (χ0v) is 14.6. The lowest BCUT2D eigenvalue weighted by atomic mass is 10.0. The van der Waals surface area contributed by atoms with Crippen LogP contribution in [0.3, 0.4) is 0 Å². The minimum atomic E-state index is -0.426. The van der Waals surface area contributed by atoms with E-state index in [1.165, 1.54) is 36.0 Å². The molecule has 0 spiro atoms. The van der Waals surface area contributed by atoms with Crippen LogP contribution in [0.5, 0.6) is 11.5 Å². The average Bonchev–Trinajstić information content (AvgIpc) is 2.67. The van der Waals surface area contributed by atoms with Crippen molar-refractivity contribution in [2.24, 2.45) is 4.99 Å². The second-order valence-corrected chi connectivity index (χ2v) is 6.00. The third-order valence-electron chi connectivity index (χ3n) is 3.59. The predicted octanol–water partition coefficient (Wildman–Crippen LogP) is 3.25. The highest BCUT2D eigenvalue weighted by molar-refractivity contribution is 8.13. The molecule has 6 nitrogen and oxygen atoms in total. The highest BCUT2D eigenvalue weighted by atomic mass is 32.2. The highest BCUT2D eigenvalue weighted by Crippen LogP contribution is 2.38. The lowest BCUT2D eigenvalue weighted by Gasteiger charge is -2.20. The quantitative estimate of drug-likeness (QED) is 0.293. The summed E-state index contributed by atoms with van der Waals surface area (Å²) in [6.45, 7) is 0.777. The maximum Gasteiger partial charge on any atom is 0.195 e. The lowest BCUT2D eigenvalue weighted by molar-refractivity contribution is 0.103. The van der Waals surface area contributed by atoms with Gasteiger partial charge in [0.2, 0.25) is 0 Å². The molecule has 1 N–H and O–H groups in total. The first kappa shape index (κ1) is 17.8. The number of nitriles is 1. The van der Waals surface area contributed by atoms with E-state index in [-0.39, 0.29) is 11.3 Å². The van der Waals surface area contributed by atoms with Crippen molar-refractivity contribution in [1.29, 1.82) is 5.26 Å². The minimum Gasteiger partial charge on any atom is -0.486 e. The molecule has 0 unspecified atom stereocenters. The monoisotopic (exact) mass is 371 g/mol. The number of nitrogens with zero attached hydrogens (tertiary/aromatic N) is 2. The molecular formula is C18H14FN3O3S. The zero-order chi connectivity index (χ0) is 18.5. The summed E-state index contributed by atoms with van der Waals surface area (Å²) in [5, 5.41) is 11.6. The van der Waals surface area contributed by atoms with Crippen molar-refractivity contribution in [3.05, 3.63) is 53.3 Å². The highest BCUT2D eigenvalue weighted by Gasteiger charge is 2.21. The molecule has 0 saturated heterocycles. The van der Waals surface area contributed by atoms with E-state index in [4.69, 9.17) is 14.7 Å². The first-order valence-electron chi connectivity index (χ1n) is 7.64. The summed E-state index contributed by atoms with van der Waals surface area (Å²) in [5.41, 5.74) is 0.918. The zero-order valence-electron chi connectivity index (χ0n) is 13.8. The number of rotatable bonds is 3. The Balaban J connectivity index is 2.10. The topological polar surface area (TPSA) is 83.7 Å². The summed E-state index contributed by atoms with van der Waals surface area (Å²) >= 11 is 1.23. The molecule has 1 aliphatic heterocycles. The Hall–Kier alpha value is -3.05. The van der Waals surface area contributed by atoms with E-state index in [9.17, 15) is 9.18 Å². The van der Waals surface area contributed by atoms with Crippen LogP contribution in [-0.2, 0) is 0 Å². The van der Waals surface area contributed by atoms with Crippen LogP contribution < -0.4 is 14.8 Å². The Morgan fingerprint density at radius 2 is 1.88 bits per heavy atom. The van der Waals surface area contributed by atoms with Gasteiger partial charge in [-0.3, -0.25) is 10.1 Å². The molecule has 0 aromatic heterocycles. The third kappa shape index (κ3) is 3.78. The van der Waals surface area contributed by atoms with Gasteiger partial charge in [-0.1, -0.05) is 11.8 Å². The molecule has 1 aliphatic rings. The Morgan fingerprint density at radius 3 is 2.50 bits per heavy atom. The van der Waals surface area contributed by atoms with Gasteiger partial charge in [0.1, 0.15) is 19.0 Å². The van der Waals surface area contributed by atoms with E-state index in [0.717, 1.165) is 0 Å².